The number of H-pyrrole nitrogens is 1. The number of imidazole rings is 1. The number of nitrogens with one attached hydrogen (secondary N) is 1. The third-order valence-electron chi connectivity index (χ3n) is 4.00. The van der Waals surface area contributed by atoms with Crippen LogP contribution in [-0.2, 0) is 13.0 Å². The fourth-order valence-electron chi connectivity index (χ4n) is 3.01. The molecule has 6 heteroatoms. The van der Waals surface area contributed by atoms with Crippen molar-refractivity contribution in [2.24, 2.45) is 0 Å². The highest BCUT2D eigenvalue weighted by molar-refractivity contribution is 7.16. The molecule has 1 atom stereocenters. The lowest BCUT2D eigenvalue weighted by atomic mass is 10.0. The molecule has 1 N–H and O–H groups in total. The van der Waals surface area contributed by atoms with Crippen molar-refractivity contribution < 1.29 is 0 Å². The van der Waals surface area contributed by atoms with Crippen LogP contribution in [0.4, 0.5) is 0 Å². The minimum absolute atomic E-state index is 0.160. The molecule has 0 spiro atoms. The maximum atomic E-state index is 6.15. The third-order valence-corrected chi connectivity index (χ3v) is 5.28. The molecule has 1 aliphatic rings. The fraction of sp³-hybridized carbons (Fsp3) is 0.250. The molecule has 0 aliphatic carbocycles. The standard InChI is InChI=1S/C16H15ClN4S/c17-14-4-3-13(22-14)16-15-12(19-10-20-15)5-7-21(16)9-11-2-1-6-18-8-11/h1-4,6,8,10,16H,5,7,9H2,(H,19,20). The Labute approximate surface area is 137 Å². The summed E-state index contributed by atoms with van der Waals surface area (Å²) >= 11 is 7.78. The van der Waals surface area contributed by atoms with Gasteiger partial charge in [-0.15, -0.1) is 11.3 Å². The van der Waals surface area contributed by atoms with Crippen LogP contribution < -0.4 is 0 Å². The second kappa shape index (κ2) is 5.83. The number of hydrogen-bond acceptors (Lipinski definition) is 4. The van der Waals surface area contributed by atoms with Crippen molar-refractivity contribution in [2.45, 2.75) is 19.0 Å². The molecule has 0 bridgehead atoms. The number of thiophene rings is 1. The lowest BCUT2D eigenvalue weighted by Crippen LogP contribution is -2.35. The molecule has 4 nitrogen and oxygen atoms in total. The van der Waals surface area contributed by atoms with Gasteiger partial charge in [-0.3, -0.25) is 9.88 Å². The number of pyridine rings is 1. The fourth-order valence-corrected chi connectivity index (χ4v) is 4.21. The van der Waals surface area contributed by atoms with E-state index < -0.39 is 0 Å². The van der Waals surface area contributed by atoms with Crippen LogP contribution in [0.5, 0.6) is 0 Å². The van der Waals surface area contributed by atoms with E-state index in [9.17, 15) is 0 Å². The van der Waals surface area contributed by atoms with Crippen molar-refractivity contribution in [3.05, 3.63) is 69.2 Å². The van der Waals surface area contributed by atoms with Gasteiger partial charge in [-0.2, -0.15) is 0 Å². The Morgan fingerprint density at radius 2 is 2.32 bits per heavy atom. The molecule has 1 aliphatic heterocycles. The Balaban J connectivity index is 1.71. The summed E-state index contributed by atoms with van der Waals surface area (Å²) < 4.78 is 0.819. The van der Waals surface area contributed by atoms with Crippen LogP contribution in [-0.4, -0.2) is 26.4 Å². The molecule has 3 aromatic rings. The monoisotopic (exact) mass is 330 g/mol. The summed E-state index contributed by atoms with van der Waals surface area (Å²) in [5.74, 6) is 0. The van der Waals surface area contributed by atoms with Gasteiger partial charge in [0, 0.05) is 42.5 Å². The molecule has 0 saturated carbocycles. The molecular weight excluding hydrogens is 316 g/mol. The summed E-state index contributed by atoms with van der Waals surface area (Å²) in [7, 11) is 0. The van der Waals surface area contributed by atoms with Crippen LogP contribution in [0.3, 0.4) is 0 Å². The van der Waals surface area contributed by atoms with Gasteiger partial charge in [-0.25, -0.2) is 4.98 Å². The van der Waals surface area contributed by atoms with Crippen LogP contribution in [0.1, 0.15) is 27.9 Å². The van der Waals surface area contributed by atoms with Gasteiger partial charge in [0.15, 0.2) is 0 Å². The van der Waals surface area contributed by atoms with Crippen molar-refractivity contribution in [1.29, 1.82) is 0 Å². The van der Waals surface area contributed by atoms with E-state index in [1.165, 1.54) is 16.1 Å². The number of fused-ring (bicyclic) bond motifs is 1. The smallest absolute Gasteiger partial charge is 0.0931 e. The Morgan fingerprint density at radius 1 is 1.36 bits per heavy atom. The van der Waals surface area contributed by atoms with Crippen molar-refractivity contribution in [3.63, 3.8) is 0 Å². The van der Waals surface area contributed by atoms with Crippen molar-refractivity contribution in [1.82, 2.24) is 19.9 Å². The first-order chi connectivity index (χ1) is 10.8. The number of aromatic nitrogens is 3. The molecular formula is C16H15ClN4S. The van der Waals surface area contributed by atoms with Crippen molar-refractivity contribution >= 4 is 22.9 Å². The third kappa shape index (κ3) is 2.56. The maximum absolute atomic E-state index is 6.15. The van der Waals surface area contributed by atoms with E-state index in [4.69, 9.17) is 11.6 Å². The van der Waals surface area contributed by atoms with Gasteiger partial charge in [-0.05, 0) is 23.8 Å². The molecule has 0 saturated heterocycles. The lowest BCUT2D eigenvalue weighted by molar-refractivity contribution is 0.202. The normalized spacial score (nSPS) is 18.3. The minimum atomic E-state index is 0.160. The van der Waals surface area contributed by atoms with E-state index in [1.807, 2.05) is 24.5 Å². The summed E-state index contributed by atoms with van der Waals surface area (Å²) in [5.41, 5.74) is 3.57. The largest absolute Gasteiger partial charge is 0.348 e. The lowest BCUT2D eigenvalue weighted by Gasteiger charge is -2.34. The highest BCUT2D eigenvalue weighted by Crippen LogP contribution is 2.38. The van der Waals surface area contributed by atoms with Gasteiger partial charge in [0.25, 0.3) is 0 Å². The topological polar surface area (TPSA) is 44.8 Å². The van der Waals surface area contributed by atoms with Gasteiger partial charge < -0.3 is 4.98 Å². The Hall–Kier alpha value is -1.69. The zero-order valence-electron chi connectivity index (χ0n) is 11.9. The molecule has 112 valence electrons. The van der Waals surface area contributed by atoms with Gasteiger partial charge in [0.05, 0.1) is 22.4 Å². The number of hydrogen-bond donors (Lipinski definition) is 1. The van der Waals surface area contributed by atoms with Crippen LogP contribution in [0.25, 0.3) is 0 Å². The number of rotatable bonds is 3. The van der Waals surface area contributed by atoms with Crippen molar-refractivity contribution in [3.8, 4) is 0 Å². The molecule has 1 unspecified atom stereocenters. The van der Waals surface area contributed by atoms with Crippen LogP contribution in [0.2, 0.25) is 4.34 Å². The molecule has 4 rings (SSSR count). The summed E-state index contributed by atoms with van der Waals surface area (Å²) in [6.07, 6.45) is 6.52. The Kier molecular flexibility index (Phi) is 3.70. The Morgan fingerprint density at radius 3 is 3.09 bits per heavy atom. The zero-order valence-corrected chi connectivity index (χ0v) is 13.4. The van der Waals surface area contributed by atoms with Crippen LogP contribution >= 0.6 is 22.9 Å². The Bertz CT molecular complexity index is 767. The number of nitrogens with zero attached hydrogens (tertiary/aromatic N) is 3. The SMILES string of the molecule is Clc1ccc(C2c3nc[nH]c3CCN2Cc2cccnc2)s1. The summed E-state index contributed by atoms with van der Waals surface area (Å²) in [4.78, 5) is 15.7. The molecule has 22 heavy (non-hydrogen) atoms. The van der Waals surface area contributed by atoms with E-state index in [2.05, 4.69) is 32.0 Å². The van der Waals surface area contributed by atoms with E-state index in [-0.39, 0.29) is 6.04 Å². The molecule has 0 fully saturated rings. The highest BCUT2D eigenvalue weighted by Gasteiger charge is 2.31. The predicted octanol–water partition coefficient (Wildman–Crippen LogP) is 3.67. The van der Waals surface area contributed by atoms with E-state index in [0.29, 0.717) is 0 Å². The maximum Gasteiger partial charge on any atom is 0.0931 e. The van der Waals surface area contributed by atoms with Gasteiger partial charge in [0.1, 0.15) is 0 Å². The summed E-state index contributed by atoms with van der Waals surface area (Å²) in [6, 6.07) is 8.33. The first-order valence-electron chi connectivity index (χ1n) is 7.21. The van der Waals surface area contributed by atoms with Crippen molar-refractivity contribution in [2.75, 3.05) is 6.54 Å². The highest BCUT2D eigenvalue weighted by atomic mass is 35.5. The molecule has 0 radical (unpaired) electrons. The first-order valence-corrected chi connectivity index (χ1v) is 8.41. The first kappa shape index (κ1) is 13.9. The second-order valence-electron chi connectivity index (χ2n) is 5.39. The van der Waals surface area contributed by atoms with Gasteiger partial charge in [0.2, 0.25) is 0 Å². The van der Waals surface area contributed by atoms with Crippen LogP contribution in [0.15, 0.2) is 43.0 Å². The number of halogens is 1. The van der Waals surface area contributed by atoms with E-state index >= 15 is 0 Å². The average molecular weight is 331 g/mol. The zero-order chi connectivity index (χ0) is 14.9. The summed E-state index contributed by atoms with van der Waals surface area (Å²) in [5, 5.41) is 0. The van der Waals surface area contributed by atoms with Gasteiger partial charge >= 0.3 is 0 Å². The van der Waals surface area contributed by atoms with E-state index in [0.717, 1.165) is 29.5 Å². The quantitative estimate of drug-likeness (QED) is 0.797. The van der Waals surface area contributed by atoms with Crippen LogP contribution in [0, 0.1) is 0 Å². The second-order valence-corrected chi connectivity index (χ2v) is 7.14. The average Bonchev–Trinajstić information content (AvgIpc) is 3.17. The summed E-state index contributed by atoms with van der Waals surface area (Å²) in [6.45, 7) is 1.85. The minimum Gasteiger partial charge on any atom is -0.348 e. The van der Waals surface area contributed by atoms with Gasteiger partial charge in [-0.1, -0.05) is 17.7 Å². The molecule has 3 aromatic heterocycles. The number of aromatic amines is 1. The van der Waals surface area contributed by atoms with E-state index in [1.54, 1.807) is 17.7 Å². The molecule has 4 heterocycles. The molecule has 0 amide bonds. The molecule has 0 aromatic carbocycles. The predicted molar refractivity (Wildman–Crippen MR) is 88.1 cm³/mol.